The molecule has 0 aliphatic carbocycles. The number of rotatable bonds is 6. The van der Waals surface area contributed by atoms with Gasteiger partial charge in [0.05, 0.1) is 19.3 Å². The van der Waals surface area contributed by atoms with Gasteiger partial charge in [-0.25, -0.2) is 8.42 Å². The van der Waals surface area contributed by atoms with E-state index in [0.717, 1.165) is 5.56 Å². The number of halogens is 1. The van der Waals surface area contributed by atoms with Crippen LogP contribution in [0.4, 0.5) is 0 Å². The Kier molecular flexibility index (Phi) is 6.48. The first-order valence-corrected chi connectivity index (χ1v) is 9.94. The number of carbonyl (C=O) groups excluding carboxylic acids is 1. The van der Waals surface area contributed by atoms with Crippen molar-refractivity contribution in [3.63, 3.8) is 0 Å². The summed E-state index contributed by atoms with van der Waals surface area (Å²) in [5.41, 5.74) is 0.732. The van der Waals surface area contributed by atoms with Crippen LogP contribution in [0.1, 0.15) is 18.9 Å². The zero-order valence-corrected chi connectivity index (χ0v) is 15.6. The first kappa shape index (κ1) is 19.0. The van der Waals surface area contributed by atoms with E-state index >= 15 is 0 Å². The van der Waals surface area contributed by atoms with Crippen LogP contribution >= 0.6 is 11.6 Å². The lowest BCUT2D eigenvalue weighted by molar-refractivity contribution is -0.131. The fourth-order valence-corrected chi connectivity index (χ4v) is 4.45. The van der Waals surface area contributed by atoms with E-state index in [-0.39, 0.29) is 18.1 Å². The van der Waals surface area contributed by atoms with Crippen molar-refractivity contribution in [3.8, 4) is 5.75 Å². The van der Waals surface area contributed by atoms with E-state index in [1.165, 1.54) is 4.31 Å². The predicted octanol–water partition coefficient (Wildman–Crippen LogP) is 1.78. The predicted molar refractivity (Wildman–Crippen MR) is 93.9 cm³/mol. The highest BCUT2D eigenvalue weighted by Crippen LogP contribution is 2.24. The van der Waals surface area contributed by atoms with Gasteiger partial charge < -0.3 is 9.64 Å². The van der Waals surface area contributed by atoms with E-state index in [1.54, 1.807) is 30.2 Å². The number of amides is 1. The molecule has 0 aromatic heterocycles. The van der Waals surface area contributed by atoms with Crippen LogP contribution < -0.4 is 4.74 Å². The first-order chi connectivity index (χ1) is 11.4. The maximum atomic E-state index is 12.5. The van der Waals surface area contributed by atoms with Crippen molar-refractivity contribution in [3.05, 3.63) is 28.8 Å². The second-order valence-electron chi connectivity index (χ2n) is 5.73. The molecule has 1 saturated heterocycles. The molecule has 0 spiro atoms. The summed E-state index contributed by atoms with van der Waals surface area (Å²) in [4.78, 5) is 14.2. The topological polar surface area (TPSA) is 66.9 Å². The van der Waals surface area contributed by atoms with Gasteiger partial charge in [-0.2, -0.15) is 4.31 Å². The molecule has 0 bridgehead atoms. The second kappa shape index (κ2) is 8.18. The molecular formula is C16H23ClN2O4S. The SMILES string of the molecule is CCCS(=O)(=O)N1CCN(C(=O)Cc2cc(Cl)ccc2OC)CC1. The third kappa shape index (κ3) is 4.62. The molecule has 134 valence electrons. The highest BCUT2D eigenvalue weighted by Gasteiger charge is 2.28. The molecule has 0 radical (unpaired) electrons. The first-order valence-electron chi connectivity index (χ1n) is 7.95. The molecule has 1 aliphatic heterocycles. The van der Waals surface area contributed by atoms with Crippen molar-refractivity contribution in [2.45, 2.75) is 19.8 Å². The molecule has 1 heterocycles. The Morgan fingerprint density at radius 3 is 2.50 bits per heavy atom. The normalized spacial score (nSPS) is 16.2. The number of carbonyl (C=O) groups is 1. The fourth-order valence-electron chi connectivity index (χ4n) is 2.76. The molecule has 2 rings (SSSR count). The van der Waals surface area contributed by atoms with Gasteiger partial charge in [0.15, 0.2) is 0 Å². The van der Waals surface area contributed by atoms with Crippen LogP contribution in [0.5, 0.6) is 5.75 Å². The van der Waals surface area contributed by atoms with Gasteiger partial charge in [0.25, 0.3) is 0 Å². The number of benzene rings is 1. The minimum absolute atomic E-state index is 0.0527. The molecule has 8 heteroatoms. The molecule has 0 unspecified atom stereocenters. The van der Waals surface area contributed by atoms with Crippen molar-refractivity contribution in [2.24, 2.45) is 0 Å². The maximum Gasteiger partial charge on any atom is 0.227 e. The van der Waals surface area contributed by atoms with Crippen molar-refractivity contribution in [2.75, 3.05) is 39.0 Å². The zero-order valence-electron chi connectivity index (χ0n) is 14.0. The number of sulfonamides is 1. The Hall–Kier alpha value is -1.31. The summed E-state index contributed by atoms with van der Waals surface area (Å²) < 4.78 is 30.9. The molecule has 0 atom stereocenters. The minimum atomic E-state index is -3.20. The minimum Gasteiger partial charge on any atom is -0.496 e. The molecule has 24 heavy (non-hydrogen) atoms. The number of ether oxygens (including phenoxy) is 1. The van der Waals surface area contributed by atoms with Crippen LogP contribution in [-0.4, -0.2) is 62.6 Å². The van der Waals surface area contributed by atoms with Gasteiger partial charge >= 0.3 is 0 Å². The molecular weight excluding hydrogens is 352 g/mol. The summed E-state index contributed by atoms with van der Waals surface area (Å²) in [6.07, 6.45) is 0.779. The lowest BCUT2D eigenvalue weighted by Gasteiger charge is -2.34. The van der Waals surface area contributed by atoms with Gasteiger partial charge in [-0.3, -0.25) is 4.79 Å². The molecule has 1 fully saturated rings. The van der Waals surface area contributed by atoms with Crippen LogP contribution in [0.2, 0.25) is 5.02 Å². The molecule has 1 aromatic carbocycles. The summed E-state index contributed by atoms with van der Waals surface area (Å²) in [7, 11) is -1.65. The highest BCUT2D eigenvalue weighted by molar-refractivity contribution is 7.89. The van der Waals surface area contributed by atoms with Crippen molar-refractivity contribution >= 4 is 27.5 Å². The number of hydrogen-bond acceptors (Lipinski definition) is 4. The summed E-state index contributed by atoms with van der Waals surface area (Å²) in [5, 5.41) is 0.550. The molecule has 6 nitrogen and oxygen atoms in total. The average molecular weight is 375 g/mol. The molecule has 0 saturated carbocycles. The molecule has 1 aliphatic rings. The van der Waals surface area contributed by atoms with Gasteiger partial charge in [0.1, 0.15) is 5.75 Å². The Labute approximate surface area is 148 Å². The summed E-state index contributed by atoms with van der Waals surface area (Å²) in [5.74, 6) is 0.723. The van der Waals surface area contributed by atoms with Crippen LogP contribution in [0.25, 0.3) is 0 Å². The largest absolute Gasteiger partial charge is 0.496 e. The average Bonchev–Trinajstić information content (AvgIpc) is 2.55. The Bertz CT molecular complexity index is 685. The quantitative estimate of drug-likeness (QED) is 0.761. The van der Waals surface area contributed by atoms with Crippen LogP contribution in [-0.2, 0) is 21.2 Å². The third-order valence-corrected chi connectivity index (χ3v) is 6.34. The summed E-state index contributed by atoms with van der Waals surface area (Å²) in [6, 6.07) is 5.17. The van der Waals surface area contributed by atoms with Crippen molar-refractivity contribution < 1.29 is 17.9 Å². The lowest BCUT2D eigenvalue weighted by Crippen LogP contribution is -2.51. The summed E-state index contributed by atoms with van der Waals surface area (Å²) >= 11 is 5.99. The van der Waals surface area contributed by atoms with Crippen molar-refractivity contribution in [1.29, 1.82) is 0 Å². The summed E-state index contributed by atoms with van der Waals surface area (Å²) in [6.45, 7) is 3.35. The molecule has 1 aromatic rings. The zero-order chi connectivity index (χ0) is 17.7. The highest BCUT2D eigenvalue weighted by atomic mass is 35.5. The van der Waals surface area contributed by atoms with E-state index in [2.05, 4.69) is 0 Å². The van der Waals surface area contributed by atoms with Gasteiger partial charge in [-0.15, -0.1) is 0 Å². The van der Waals surface area contributed by atoms with E-state index in [9.17, 15) is 13.2 Å². The monoisotopic (exact) mass is 374 g/mol. The van der Waals surface area contributed by atoms with E-state index in [0.29, 0.717) is 43.4 Å². The van der Waals surface area contributed by atoms with Gasteiger partial charge in [0.2, 0.25) is 15.9 Å². The smallest absolute Gasteiger partial charge is 0.227 e. The fraction of sp³-hybridized carbons (Fsp3) is 0.562. The number of hydrogen-bond donors (Lipinski definition) is 0. The lowest BCUT2D eigenvalue weighted by atomic mass is 10.1. The maximum absolute atomic E-state index is 12.5. The van der Waals surface area contributed by atoms with Crippen molar-refractivity contribution in [1.82, 2.24) is 9.21 Å². The Morgan fingerprint density at radius 1 is 1.25 bits per heavy atom. The van der Waals surface area contributed by atoms with E-state index in [4.69, 9.17) is 16.3 Å². The van der Waals surface area contributed by atoms with Gasteiger partial charge in [0, 0.05) is 36.8 Å². The second-order valence-corrected chi connectivity index (χ2v) is 8.25. The number of methoxy groups -OCH3 is 1. The van der Waals surface area contributed by atoms with E-state index in [1.807, 2.05) is 6.92 Å². The van der Waals surface area contributed by atoms with Crippen LogP contribution in [0.15, 0.2) is 18.2 Å². The van der Waals surface area contributed by atoms with Gasteiger partial charge in [-0.05, 0) is 24.6 Å². The van der Waals surface area contributed by atoms with Crippen LogP contribution in [0, 0.1) is 0 Å². The Balaban J connectivity index is 1.98. The van der Waals surface area contributed by atoms with Gasteiger partial charge in [-0.1, -0.05) is 18.5 Å². The molecule has 1 amide bonds. The number of nitrogens with zero attached hydrogens (tertiary/aromatic N) is 2. The number of piperazine rings is 1. The van der Waals surface area contributed by atoms with E-state index < -0.39 is 10.0 Å². The standard InChI is InChI=1S/C16H23ClN2O4S/c1-3-10-24(21,22)19-8-6-18(7-9-19)16(20)12-13-11-14(17)4-5-15(13)23-2/h4-5,11H,3,6-10,12H2,1-2H3. The van der Waals surface area contributed by atoms with Crippen LogP contribution in [0.3, 0.4) is 0 Å². The Morgan fingerprint density at radius 2 is 1.92 bits per heavy atom. The third-order valence-electron chi connectivity index (χ3n) is 4.03. The molecule has 0 N–H and O–H groups in total.